The van der Waals surface area contributed by atoms with Crippen LogP contribution in [0.2, 0.25) is 0 Å². The molecule has 0 amide bonds. The predicted molar refractivity (Wildman–Crippen MR) is 44.5 cm³/mol. The van der Waals surface area contributed by atoms with Crippen LogP contribution in [0.4, 0.5) is 0 Å². The van der Waals surface area contributed by atoms with Crippen molar-refractivity contribution < 1.29 is 0 Å². The molecule has 1 heterocycles. The van der Waals surface area contributed by atoms with E-state index in [0.29, 0.717) is 0 Å². The van der Waals surface area contributed by atoms with Crippen molar-refractivity contribution in [2.24, 2.45) is 11.8 Å². The Kier molecular flexibility index (Phi) is 2.23. The summed E-state index contributed by atoms with van der Waals surface area (Å²) in [5, 5.41) is 0. The third-order valence-electron chi connectivity index (χ3n) is 1.53. The van der Waals surface area contributed by atoms with Crippen molar-refractivity contribution in [3.63, 3.8) is 0 Å². The Morgan fingerprint density at radius 1 is 1.67 bits per heavy atom. The molecule has 1 aliphatic heterocycles. The standard InChI is InChI=1S/C8H14S/c1-6(2)8-4-7(3)5-9-8/h4,6-7H,5H2,1-3H3/t7-/m0/s1. The number of rotatable bonds is 1. The van der Waals surface area contributed by atoms with Gasteiger partial charge >= 0.3 is 0 Å². The zero-order chi connectivity index (χ0) is 6.85. The van der Waals surface area contributed by atoms with E-state index >= 15 is 0 Å². The number of thioether (sulfide) groups is 1. The van der Waals surface area contributed by atoms with Crippen LogP contribution in [-0.2, 0) is 0 Å². The second-order valence-electron chi connectivity index (χ2n) is 3.01. The van der Waals surface area contributed by atoms with Crippen molar-refractivity contribution in [1.82, 2.24) is 0 Å². The highest BCUT2D eigenvalue weighted by Gasteiger charge is 2.13. The first-order chi connectivity index (χ1) is 4.20. The molecule has 0 aliphatic carbocycles. The summed E-state index contributed by atoms with van der Waals surface area (Å²) in [5.41, 5.74) is 0. The van der Waals surface area contributed by atoms with Gasteiger partial charge in [0.2, 0.25) is 0 Å². The van der Waals surface area contributed by atoms with Gasteiger partial charge in [-0.05, 0) is 16.7 Å². The highest BCUT2D eigenvalue weighted by atomic mass is 32.2. The van der Waals surface area contributed by atoms with Crippen molar-refractivity contribution in [3.05, 3.63) is 11.0 Å². The number of allylic oxidation sites excluding steroid dienone is 2. The van der Waals surface area contributed by atoms with Crippen molar-refractivity contribution in [1.29, 1.82) is 0 Å². The first-order valence-corrected chi connectivity index (χ1v) is 4.53. The van der Waals surface area contributed by atoms with Gasteiger partial charge < -0.3 is 0 Å². The van der Waals surface area contributed by atoms with E-state index in [1.807, 2.05) is 11.8 Å². The minimum atomic E-state index is 0.750. The molecule has 0 bridgehead atoms. The van der Waals surface area contributed by atoms with Crippen LogP contribution in [-0.4, -0.2) is 5.75 Å². The average Bonchev–Trinajstić information content (AvgIpc) is 2.14. The molecule has 0 fully saturated rings. The maximum Gasteiger partial charge on any atom is 0.00376 e. The van der Waals surface area contributed by atoms with Gasteiger partial charge in [0.05, 0.1) is 0 Å². The monoisotopic (exact) mass is 142 g/mol. The lowest BCUT2D eigenvalue weighted by molar-refractivity contribution is 0.795. The third kappa shape index (κ3) is 1.75. The predicted octanol–water partition coefficient (Wildman–Crippen LogP) is 2.91. The molecule has 0 aromatic carbocycles. The first-order valence-electron chi connectivity index (χ1n) is 3.54. The minimum absolute atomic E-state index is 0.750. The van der Waals surface area contributed by atoms with Gasteiger partial charge in [-0.2, -0.15) is 0 Å². The van der Waals surface area contributed by atoms with Gasteiger partial charge in [0.15, 0.2) is 0 Å². The molecule has 52 valence electrons. The molecule has 0 aromatic rings. The topological polar surface area (TPSA) is 0 Å². The summed E-state index contributed by atoms with van der Waals surface area (Å²) < 4.78 is 0. The summed E-state index contributed by atoms with van der Waals surface area (Å²) in [5.74, 6) is 2.86. The van der Waals surface area contributed by atoms with Crippen LogP contribution in [0, 0.1) is 11.8 Å². The second-order valence-corrected chi connectivity index (χ2v) is 4.11. The molecule has 0 spiro atoms. The molecule has 1 atom stereocenters. The van der Waals surface area contributed by atoms with Gasteiger partial charge in [-0.15, -0.1) is 11.8 Å². The molecule has 0 N–H and O–H groups in total. The van der Waals surface area contributed by atoms with Gasteiger partial charge in [0, 0.05) is 5.75 Å². The Balaban J connectivity index is 2.52. The highest BCUT2D eigenvalue weighted by molar-refractivity contribution is 8.03. The highest BCUT2D eigenvalue weighted by Crippen LogP contribution is 2.33. The molecule has 1 rings (SSSR count). The van der Waals surface area contributed by atoms with Gasteiger partial charge in [-0.3, -0.25) is 0 Å². The fourth-order valence-electron chi connectivity index (χ4n) is 0.963. The van der Waals surface area contributed by atoms with Crippen LogP contribution in [0.15, 0.2) is 11.0 Å². The zero-order valence-corrected chi connectivity index (χ0v) is 7.16. The second kappa shape index (κ2) is 2.78. The van der Waals surface area contributed by atoms with Gasteiger partial charge in [-0.1, -0.05) is 26.8 Å². The summed E-state index contributed by atoms with van der Waals surface area (Å²) in [4.78, 5) is 1.59. The van der Waals surface area contributed by atoms with Crippen molar-refractivity contribution in [2.45, 2.75) is 20.8 Å². The molecule has 0 radical (unpaired) electrons. The summed E-state index contributed by atoms with van der Waals surface area (Å²) in [6.45, 7) is 6.80. The van der Waals surface area contributed by atoms with E-state index in [9.17, 15) is 0 Å². The fourth-order valence-corrected chi connectivity index (χ4v) is 2.18. The van der Waals surface area contributed by atoms with E-state index in [2.05, 4.69) is 26.8 Å². The van der Waals surface area contributed by atoms with Gasteiger partial charge in [-0.25, -0.2) is 0 Å². The smallest absolute Gasteiger partial charge is 0.00376 e. The van der Waals surface area contributed by atoms with E-state index in [0.717, 1.165) is 11.8 Å². The molecule has 9 heavy (non-hydrogen) atoms. The third-order valence-corrected chi connectivity index (χ3v) is 3.16. The van der Waals surface area contributed by atoms with Crippen LogP contribution in [0.25, 0.3) is 0 Å². The lowest BCUT2D eigenvalue weighted by Crippen LogP contribution is -1.84. The summed E-state index contributed by atoms with van der Waals surface area (Å²) in [7, 11) is 0. The Morgan fingerprint density at radius 2 is 2.33 bits per heavy atom. The molecule has 1 heteroatoms. The Bertz CT molecular complexity index is 125. The van der Waals surface area contributed by atoms with Gasteiger partial charge in [0.25, 0.3) is 0 Å². The van der Waals surface area contributed by atoms with E-state index in [1.165, 1.54) is 5.75 Å². The molecule has 0 aromatic heterocycles. The van der Waals surface area contributed by atoms with Gasteiger partial charge in [0.1, 0.15) is 0 Å². The molecule has 0 nitrogen and oxygen atoms in total. The maximum absolute atomic E-state index is 2.40. The van der Waals surface area contributed by atoms with E-state index in [1.54, 1.807) is 4.91 Å². The zero-order valence-electron chi connectivity index (χ0n) is 6.35. The Morgan fingerprint density at radius 3 is 2.56 bits per heavy atom. The molecule has 0 saturated carbocycles. The van der Waals surface area contributed by atoms with Crippen LogP contribution in [0.3, 0.4) is 0 Å². The van der Waals surface area contributed by atoms with E-state index in [-0.39, 0.29) is 0 Å². The minimum Gasteiger partial charge on any atom is -0.130 e. The molecule has 0 saturated heterocycles. The van der Waals surface area contributed by atoms with Crippen molar-refractivity contribution in [3.8, 4) is 0 Å². The number of hydrogen-bond acceptors (Lipinski definition) is 1. The van der Waals surface area contributed by atoms with Crippen molar-refractivity contribution in [2.75, 3.05) is 5.75 Å². The SMILES string of the molecule is CC(C)C1=C[C@H](C)CS1. The fraction of sp³-hybridized carbons (Fsp3) is 0.750. The maximum atomic E-state index is 2.40. The van der Waals surface area contributed by atoms with Crippen LogP contribution >= 0.6 is 11.8 Å². The Labute approximate surface area is 61.7 Å². The van der Waals surface area contributed by atoms with Crippen LogP contribution in [0.5, 0.6) is 0 Å². The largest absolute Gasteiger partial charge is 0.130 e. The van der Waals surface area contributed by atoms with E-state index < -0.39 is 0 Å². The lowest BCUT2D eigenvalue weighted by Gasteiger charge is -2.01. The summed E-state index contributed by atoms with van der Waals surface area (Å²) in [6, 6.07) is 0. The molecular formula is C8H14S. The number of hydrogen-bond donors (Lipinski definition) is 0. The van der Waals surface area contributed by atoms with Crippen LogP contribution < -0.4 is 0 Å². The molecular weight excluding hydrogens is 128 g/mol. The summed E-state index contributed by atoms with van der Waals surface area (Å²) >= 11 is 2.02. The first kappa shape index (κ1) is 7.20. The van der Waals surface area contributed by atoms with E-state index in [4.69, 9.17) is 0 Å². The normalized spacial score (nSPS) is 27.1. The quantitative estimate of drug-likeness (QED) is 0.542. The summed E-state index contributed by atoms with van der Waals surface area (Å²) in [6.07, 6.45) is 2.40. The Hall–Kier alpha value is 0.0900. The molecule has 0 unspecified atom stereocenters. The van der Waals surface area contributed by atoms with Crippen molar-refractivity contribution >= 4 is 11.8 Å². The lowest BCUT2D eigenvalue weighted by atomic mass is 10.1. The average molecular weight is 142 g/mol. The van der Waals surface area contributed by atoms with Crippen LogP contribution in [0.1, 0.15) is 20.8 Å². The molecule has 1 aliphatic rings.